The maximum absolute atomic E-state index is 12.3. The Bertz CT molecular complexity index is 632. The van der Waals surface area contributed by atoms with Crippen LogP contribution in [-0.4, -0.2) is 27.5 Å². The predicted octanol–water partition coefficient (Wildman–Crippen LogP) is 1.42. The second-order valence-electron chi connectivity index (χ2n) is 4.64. The van der Waals surface area contributed by atoms with Crippen molar-refractivity contribution in [3.63, 3.8) is 0 Å². The summed E-state index contributed by atoms with van der Waals surface area (Å²) in [7, 11) is -2.64. The second-order valence-corrected chi connectivity index (χ2v) is 6.36. The normalized spacial score (nSPS) is 14.0. The molecule has 0 saturated carbocycles. The summed E-state index contributed by atoms with van der Waals surface area (Å²) in [6.07, 6.45) is 0.621. The molecule has 114 valence electrons. The van der Waals surface area contributed by atoms with Gasteiger partial charge >= 0.3 is 5.97 Å². The molecule has 0 aliphatic rings. The van der Waals surface area contributed by atoms with E-state index in [-0.39, 0.29) is 10.8 Å². The number of nitrogens with one attached hydrogen (secondary N) is 1. The van der Waals surface area contributed by atoms with Crippen LogP contribution in [0.2, 0.25) is 0 Å². The molecule has 1 N–H and O–H groups in total. The molecular weight excluding hydrogens is 292 g/mol. The lowest BCUT2D eigenvalue weighted by Crippen LogP contribution is -2.45. The van der Waals surface area contributed by atoms with Gasteiger partial charge in [-0.3, -0.25) is 4.79 Å². The summed E-state index contributed by atoms with van der Waals surface area (Å²) < 4.78 is 31.6. The van der Waals surface area contributed by atoms with Crippen LogP contribution >= 0.6 is 0 Å². The minimum atomic E-state index is -3.85. The van der Waals surface area contributed by atoms with Crippen molar-refractivity contribution >= 4 is 16.0 Å². The maximum atomic E-state index is 12.3. The van der Waals surface area contributed by atoms with Gasteiger partial charge in [-0.05, 0) is 30.2 Å². The molecule has 0 unspecified atom stereocenters. The van der Waals surface area contributed by atoms with Crippen molar-refractivity contribution in [2.75, 3.05) is 7.11 Å². The number of hydrogen-bond donors (Lipinski definition) is 1. The first kappa shape index (κ1) is 17.1. The Kier molecular flexibility index (Phi) is 5.88. The summed E-state index contributed by atoms with van der Waals surface area (Å²) in [5, 5.41) is 8.71. The molecule has 0 aliphatic heterocycles. The van der Waals surface area contributed by atoms with Crippen LogP contribution in [0.4, 0.5) is 0 Å². The lowest BCUT2D eigenvalue weighted by atomic mass is 10.0. The number of rotatable bonds is 6. The van der Waals surface area contributed by atoms with Gasteiger partial charge in [-0.1, -0.05) is 20.3 Å². The molecule has 1 rings (SSSR count). The fourth-order valence-corrected chi connectivity index (χ4v) is 3.00. The first-order valence-electron chi connectivity index (χ1n) is 6.46. The quantitative estimate of drug-likeness (QED) is 0.802. The topological polar surface area (TPSA) is 96.3 Å². The van der Waals surface area contributed by atoms with E-state index in [1.165, 1.54) is 31.4 Å². The van der Waals surface area contributed by atoms with Crippen LogP contribution in [0.25, 0.3) is 0 Å². The molecule has 1 aromatic carbocycles. The molecule has 0 radical (unpaired) electrons. The number of nitriles is 1. The van der Waals surface area contributed by atoms with Crippen LogP contribution in [-0.2, 0) is 19.6 Å². The van der Waals surface area contributed by atoms with Gasteiger partial charge in [0.25, 0.3) is 0 Å². The Morgan fingerprint density at radius 1 is 1.38 bits per heavy atom. The molecule has 1 aromatic rings. The molecule has 0 heterocycles. The van der Waals surface area contributed by atoms with E-state index in [1.54, 1.807) is 6.92 Å². The Balaban J connectivity index is 3.05. The van der Waals surface area contributed by atoms with Crippen molar-refractivity contribution in [1.82, 2.24) is 4.72 Å². The molecule has 0 aromatic heterocycles. The second kappa shape index (κ2) is 7.20. The van der Waals surface area contributed by atoms with Gasteiger partial charge in [0.1, 0.15) is 6.04 Å². The third-order valence-corrected chi connectivity index (χ3v) is 4.70. The Morgan fingerprint density at radius 3 is 2.38 bits per heavy atom. The Hall–Kier alpha value is -1.91. The predicted molar refractivity (Wildman–Crippen MR) is 76.7 cm³/mol. The fraction of sp³-hybridized carbons (Fsp3) is 0.429. The van der Waals surface area contributed by atoms with Crippen LogP contribution < -0.4 is 4.72 Å². The van der Waals surface area contributed by atoms with E-state index < -0.39 is 22.0 Å². The zero-order valence-electron chi connectivity index (χ0n) is 12.2. The SMILES string of the molecule is CC[C@@H](C)[C@@H](NS(=O)(=O)c1ccc(C#N)cc1)C(=O)OC. The minimum Gasteiger partial charge on any atom is -0.468 e. The number of sulfonamides is 1. The highest BCUT2D eigenvalue weighted by atomic mass is 32.2. The number of carbonyl (C=O) groups excluding carboxylic acids is 1. The first-order valence-corrected chi connectivity index (χ1v) is 7.94. The third kappa shape index (κ3) is 4.28. The summed E-state index contributed by atoms with van der Waals surface area (Å²) in [5.74, 6) is -0.827. The molecule has 0 fully saturated rings. The smallest absolute Gasteiger partial charge is 0.324 e. The van der Waals surface area contributed by atoms with Crippen molar-refractivity contribution in [1.29, 1.82) is 5.26 Å². The van der Waals surface area contributed by atoms with Gasteiger partial charge in [0.2, 0.25) is 10.0 Å². The average molecular weight is 310 g/mol. The van der Waals surface area contributed by atoms with Crippen molar-refractivity contribution in [2.45, 2.75) is 31.2 Å². The molecule has 0 aliphatic carbocycles. The summed E-state index contributed by atoms with van der Waals surface area (Å²) >= 11 is 0. The minimum absolute atomic E-state index is 0.00120. The van der Waals surface area contributed by atoms with Gasteiger partial charge in [-0.15, -0.1) is 0 Å². The van der Waals surface area contributed by atoms with Crippen molar-refractivity contribution in [2.24, 2.45) is 5.92 Å². The summed E-state index contributed by atoms with van der Waals surface area (Å²) in [6, 6.07) is 6.43. The first-order chi connectivity index (χ1) is 9.85. The highest BCUT2D eigenvalue weighted by Crippen LogP contribution is 2.15. The van der Waals surface area contributed by atoms with Gasteiger partial charge in [0, 0.05) is 0 Å². The van der Waals surface area contributed by atoms with E-state index in [0.717, 1.165) is 0 Å². The third-order valence-electron chi connectivity index (χ3n) is 3.24. The summed E-state index contributed by atoms with van der Waals surface area (Å²) in [5.41, 5.74) is 0.361. The summed E-state index contributed by atoms with van der Waals surface area (Å²) in [6.45, 7) is 3.62. The molecule has 7 heteroatoms. The average Bonchev–Trinajstić information content (AvgIpc) is 2.51. The van der Waals surface area contributed by atoms with E-state index in [9.17, 15) is 13.2 Å². The molecule has 0 spiro atoms. The Labute approximate surface area is 124 Å². The number of benzene rings is 1. The van der Waals surface area contributed by atoms with Crippen LogP contribution in [0.1, 0.15) is 25.8 Å². The van der Waals surface area contributed by atoms with Crippen molar-refractivity contribution in [3.8, 4) is 6.07 Å². The standard InChI is InChI=1S/C14H18N2O4S/c1-4-10(2)13(14(17)20-3)16-21(18,19)12-7-5-11(9-15)6-8-12/h5-8,10,13,16H,4H2,1-3H3/t10-,13-/m1/s1. The number of ether oxygens (including phenoxy) is 1. The molecule has 0 bridgehead atoms. The van der Waals surface area contributed by atoms with Crippen LogP contribution in [0.5, 0.6) is 0 Å². The van der Waals surface area contributed by atoms with Crippen LogP contribution in [0.3, 0.4) is 0 Å². The van der Waals surface area contributed by atoms with Crippen molar-refractivity contribution in [3.05, 3.63) is 29.8 Å². The maximum Gasteiger partial charge on any atom is 0.324 e. The van der Waals surface area contributed by atoms with Gasteiger partial charge in [0.05, 0.1) is 23.6 Å². The molecule has 6 nitrogen and oxygen atoms in total. The largest absolute Gasteiger partial charge is 0.468 e. The van der Waals surface area contributed by atoms with E-state index >= 15 is 0 Å². The summed E-state index contributed by atoms with van der Waals surface area (Å²) in [4.78, 5) is 11.7. The molecule has 2 atom stereocenters. The monoisotopic (exact) mass is 310 g/mol. The zero-order chi connectivity index (χ0) is 16.0. The number of nitrogens with zero attached hydrogens (tertiary/aromatic N) is 1. The molecular formula is C14H18N2O4S. The molecule has 21 heavy (non-hydrogen) atoms. The zero-order valence-corrected chi connectivity index (χ0v) is 13.0. The lowest BCUT2D eigenvalue weighted by Gasteiger charge is -2.21. The van der Waals surface area contributed by atoms with E-state index in [0.29, 0.717) is 12.0 Å². The Morgan fingerprint density at radius 2 is 1.95 bits per heavy atom. The fourth-order valence-electron chi connectivity index (χ4n) is 1.70. The van der Waals surface area contributed by atoms with Gasteiger partial charge < -0.3 is 4.74 Å². The number of hydrogen-bond acceptors (Lipinski definition) is 5. The molecule has 0 saturated heterocycles. The lowest BCUT2D eigenvalue weighted by molar-refractivity contribution is -0.143. The number of methoxy groups -OCH3 is 1. The highest BCUT2D eigenvalue weighted by molar-refractivity contribution is 7.89. The highest BCUT2D eigenvalue weighted by Gasteiger charge is 2.30. The van der Waals surface area contributed by atoms with E-state index in [2.05, 4.69) is 9.46 Å². The van der Waals surface area contributed by atoms with Gasteiger partial charge in [-0.25, -0.2) is 8.42 Å². The van der Waals surface area contributed by atoms with Crippen molar-refractivity contribution < 1.29 is 17.9 Å². The van der Waals surface area contributed by atoms with Crippen LogP contribution in [0, 0.1) is 17.2 Å². The molecule has 0 amide bonds. The number of carbonyl (C=O) groups is 1. The van der Waals surface area contributed by atoms with Crippen LogP contribution in [0.15, 0.2) is 29.2 Å². The number of esters is 1. The van der Waals surface area contributed by atoms with E-state index in [1.807, 2.05) is 13.0 Å². The van der Waals surface area contributed by atoms with E-state index in [4.69, 9.17) is 5.26 Å². The van der Waals surface area contributed by atoms with Gasteiger partial charge in [0.15, 0.2) is 0 Å². The van der Waals surface area contributed by atoms with Gasteiger partial charge in [-0.2, -0.15) is 9.98 Å².